The molecule has 0 N–H and O–H groups in total. The normalized spacial score (nSPS) is 16.8. The van der Waals surface area contributed by atoms with Crippen LogP contribution >= 0.6 is 27.5 Å². The molecule has 134 valence electrons. The van der Waals surface area contributed by atoms with Crippen LogP contribution in [0, 0.1) is 5.92 Å². The Balaban J connectivity index is 1.48. The van der Waals surface area contributed by atoms with Gasteiger partial charge in [-0.1, -0.05) is 30.7 Å². The molecule has 25 heavy (non-hydrogen) atoms. The molecule has 2 aromatic rings. The fourth-order valence-electron chi connectivity index (χ4n) is 3.13. The van der Waals surface area contributed by atoms with Crippen molar-refractivity contribution in [2.45, 2.75) is 20.0 Å². The highest BCUT2D eigenvalue weighted by atomic mass is 79.9. The van der Waals surface area contributed by atoms with Crippen LogP contribution in [-0.4, -0.2) is 51.7 Å². The zero-order valence-corrected chi connectivity index (χ0v) is 16.6. The van der Waals surface area contributed by atoms with E-state index in [0.29, 0.717) is 6.54 Å². The van der Waals surface area contributed by atoms with Gasteiger partial charge < -0.3 is 4.90 Å². The Labute approximate surface area is 161 Å². The Kier molecular flexibility index (Phi) is 6.15. The summed E-state index contributed by atoms with van der Waals surface area (Å²) in [5, 5.41) is 5.00. The molecule has 1 aliphatic heterocycles. The van der Waals surface area contributed by atoms with Gasteiger partial charge in [0.2, 0.25) is 5.91 Å². The van der Waals surface area contributed by atoms with Crippen molar-refractivity contribution in [3.05, 3.63) is 51.7 Å². The molecular formula is C18H22BrClN4O. The van der Waals surface area contributed by atoms with Gasteiger partial charge in [0.25, 0.3) is 0 Å². The molecule has 0 radical (unpaired) electrons. The topological polar surface area (TPSA) is 41.4 Å². The maximum Gasteiger partial charge on any atom is 0.227 e. The summed E-state index contributed by atoms with van der Waals surface area (Å²) in [6.07, 6.45) is 3.64. The molecule has 3 rings (SSSR count). The van der Waals surface area contributed by atoms with E-state index in [-0.39, 0.29) is 11.8 Å². The predicted molar refractivity (Wildman–Crippen MR) is 102 cm³/mol. The van der Waals surface area contributed by atoms with E-state index in [1.165, 1.54) is 5.56 Å². The lowest BCUT2D eigenvalue weighted by Gasteiger charge is -2.36. The van der Waals surface area contributed by atoms with E-state index in [9.17, 15) is 4.79 Å². The van der Waals surface area contributed by atoms with Crippen molar-refractivity contribution in [1.29, 1.82) is 0 Å². The largest absolute Gasteiger partial charge is 0.340 e. The van der Waals surface area contributed by atoms with Gasteiger partial charge in [0.15, 0.2) is 0 Å². The second-order valence-corrected chi connectivity index (χ2v) is 7.87. The van der Waals surface area contributed by atoms with E-state index in [0.717, 1.165) is 42.2 Å². The molecule has 2 heterocycles. The van der Waals surface area contributed by atoms with Crippen LogP contribution in [0.15, 0.2) is 41.1 Å². The second kappa shape index (κ2) is 8.34. The van der Waals surface area contributed by atoms with E-state index in [2.05, 4.69) is 32.0 Å². The molecule has 0 aliphatic carbocycles. The number of hydrogen-bond acceptors (Lipinski definition) is 3. The quantitative estimate of drug-likeness (QED) is 0.738. The first-order valence-electron chi connectivity index (χ1n) is 8.45. The minimum absolute atomic E-state index is 0.0775. The molecule has 1 aromatic carbocycles. The summed E-state index contributed by atoms with van der Waals surface area (Å²) >= 11 is 9.43. The number of aromatic nitrogens is 2. The van der Waals surface area contributed by atoms with Gasteiger partial charge in [-0.05, 0) is 33.6 Å². The fraction of sp³-hybridized carbons (Fsp3) is 0.444. The van der Waals surface area contributed by atoms with E-state index in [1.807, 2.05) is 40.9 Å². The molecule has 1 fully saturated rings. The van der Waals surface area contributed by atoms with E-state index in [4.69, 9.17) is 11.6 Å². The van der Waals surface area contributed by atoms with Crippen LogP contribution in [0.25, 0.3) is 0 Å². The van der Waals surface area contributed by atoms with Crippen LogP contribution in [0.4, 0.5) is 0 Å². The van der Waals surface area contributed by atoms with Crippen LogP contribution < -0.4 is 0 Å². The molecular weight excluding hydrogens is 404 g/mol. The Morgan fingerprint density at radius 3 is 2.72 bits per heavy atom. The van der Waals surface area contributed by atoms with Crippen molar-refractivity contribution in [3.63, 3.8) is 0 Å². The summed E-state index contributed by atoms with van der Waals surface area (Å²) in [6.45, 7) is 6.76. The Morgan fingerprint density at radius 2 is 2.08 bits per heavy atom. The number of nitrogens with zero attached hydrogens (tertiary/aromatic N) is 4. The number of piperazine rings is 1. The van der Waals surface area contributed by atoms with E-state index >= 15 is 0 Å². The van der Waals surface area contributed by atoms with Crippen molar-refractivity contribution in [3.8, 4) is 0 Å². The van der Waals surface area contributed by atoms with Gasteiger partial charge in [0.1, 0.15) is 0 Å². The smallest absolute Gasteiger partial charge is 0.227 e. The van der Waals surface area contributed by atoms with Gasteiger partial charge in [-0.15, -0.1) is 0 Å². The zero-order valence-electron chi connectivity index (χ0n) is 14.2. The third kappa shape index (κ3) is 5.06. The highest BCUT2D eigenvalue weighted by Gasteiger charge is 2.25. The van der Waals surface area contributed by atoms with Crippen molar-refractivity contribution < 1.29 is 4.79 Å². The van der Waals surface area contributed by atoms with Crippen LogP contribution in [0.2, 0.25) is 5.02 Å². The van der Waals surface area contributed by atoms with Gasteiger partial charge in [0.05, 0.1) is 23.1 Å². The molecule has 7 heteroatoms. The number of carbonyl (C=O) groups is 1. The average Bonchev–Trinajstić information content (AvgIpc) is 3.00. The summed E-state index contributed by atoms with van der Waals surface area (Å²) in [6, 6.07) is 7.96. The van der Waals surface area contributed by atoms with Gasteiger partial charge in [-0.2, -0.15) is 5.10 Å². The van der Waals surface area contributed by atoms with Crippen molar-refractivity contribution in [2.75, 3.05) is 26.2 Å². The molecule has 1 aromatic heterocycles. The van der Waals surface area contributed by atoms with Gasteiger partial charge in [-0.3, -0.25) is 14.4 Å². The van der Waals surface area contributed by atoms with Gasteiger partial charge in [0, 0.05) is 43.9 Å². The summed E-state index contributed by atoms with van der Waals surface area (Å²) in [4.78, 5) is 17.0. The second-order valence-electron chi connectivity index (χ2n) is 6.51. The first-order chi connectivity index (χ1) is 12.0. The van der Waals surface area contributed by atoms with Crippen LogP contribution in [-0.2, 0) is 17.9 Å². The minimum atomic E-state index is -0.0775. The number of carbonyl (C=O) groups excluding carboxylic acids is 1. The number of amides is 1. The van der Waals surface area contributed by atoms with E-state index in [1.54, 1.807) is 6.20 Å². The SMILES string of the molecule is CC(Cn1cc(Br)cn1)C(=O)N1CCN(Cc2cccc(Cl)c2)CC1. The Bertz CT molecular complexity index is 727. The standard InChI is InChI=1S/C18H22BrClN4O/c1-14(11-24-13-16(19)10-21-24)18(25)23-7-5-22(6-8-23)12-15-3-2-4-17(20)9-15/h2-4,9-10,13-14H,5-8,11-12H2,1H3. The van der Waals surface area contributed by atoms with Crippen molar-refractivity contribution in [1.82, 2.24) is 19.6 Å². The summed E-state index contributed by atoms with van der Waals surface area (Å²) < 4.78 is 2.74. The highest BCUT2D eigenvalue weighted by molar-refractivity contribution is 9.10. The summed E-state index contributed by atoms with van der Waals surface area (Å²) in [5.74, 6) is 0.125. The van der Waals surface area contributed by atoms with Crippen LogP contribution in [0.1, 0.15) is 12.5 Å². The molecule has 0 bridgehead atoms. The van der Waals surface area contributed by atoms with Crippen molar-refractivity contribution in [2.24, 2.45) is 5.92 Å². The molecule has 1 saturated heterocycles. The fourth-order valence-corrected chi connectivity index (χ4v) is 3.67. The third-order valence-corrected chi connectivity index (χ3v) is 5.11. The lowest BCUT2D eigenvalue weighted by atomic mass is 10.1. The van der Waals surface area contributed by atoms with Crippen molar-refractivity contribution >= 4 is 33.4 Å². The lowest BCUT2D eigenvalue weighted by Crippen LogP contribution is -2.50. The average molecular weight is 426 g/mol. The molecule has 1 unspecified atom stereocenters. The maximum absolute atomic E-state index is 12.7. The summed E-state index contributed by atoms with van der Waals surface area (Å²) in [7, 11) is 0. The number of halogens is 2. The van der Waals surface area contributed by atoms with Gasteiger partial charge >= 0.3 is 0 Å². The summed E-state index contributed by atoms with van der Waals surface area (Å²) in [5.41, 5.74) is 1.21. The monoisotopic (exact) mass is 424 g/mol. The number of benzene rings is 1. The Morgan fingerprint density at radius 1 is 1.32 bits per heavy atom. The molecule has 1 aliphatic rings. The van der Waals surface area contributed by atoms with Gasteiger partial charge in [-0.25, -0.2) is 0 Å². The first-order valence-corrected chi connectivity index (χ1v) is 9.62. The minimum Gasteiger partial charge on any atom is -0.340 e. The third-order valence-electron chi connectivity index (χ3n) is 4.46. The van der Waals surface area contributed by atoms with Crippen LogP contribution in [0.3, 0.4) is 0 Å². The number of hydrogen-bond donors (Lipinski definition) is 0. The molecule has 5 nitrogen and oxygen atoms in total. The van der Waals surface area contributed by atoms with Crippen LogP contribution in [0.5, 0.6) is 0 Å². The highest BCUT2D eigenvalue weighted by Crippen LogP contribution is 2.15. The molecule has 1 atom stereocenters. The lowest BCUT2D eigenvalue weighted by molar-refractivity contribution is -0.137. The maximum atomic E-state index is 12.7. The first kappa shape index (κ1) is 18.4. The predicted octanol–water partition coefficient (Wildman–Crippen LogP) is 3.28. The molecule has 0 saturated carbocycles. The zero-order chi connectivity index (χ0) is 17.8. The van der Waals surface area contributed by atoms with E-state index < -0.39 is 0 Å². The molecule has 1 amide bonds. The Hall–Kier alpha value is -1.37. The molecule has 0 spiro atoms. The number of rotatable bonds is 5.